The van der Waals surface area contributed by atoms with Gasteiger partial charge in [-0.1, -0.05) is 188 Å². The molecule has 4 heterocycles. The van der Waals surface area contributed by atoms with Crippen molar-refractivity contribution < 1.29 is 6.85 Å². The van der Waals surface area contributed by atoms with Gasteiger partial charge in [0.15, 0.2) is 29.1 Å². The molecule has 0 aliphatic carbocycles. The Morgan fingerprint density at radius 3 is 1.34 bits per heavy atom. The molecule has 9 aromatic carbocycles. The molecule has 13 rings (SSSR count). The van der Waals surface area contributed by atoms with Crippen molar-refractivity contribution in [3.8, 4) is 79.7 Å². The van der Waals surface area contributed by atoms with Gasteiger partial charge < -0.3 is 4.57 Å². The van der Waals surface area contributed by atoms with Crippen molar-refractivity contribution >= 4 is 43.6 Å². The number of benzene rings is 9. The number of rotatable bonds is 8. The van der Waals surface area contributed by atoms with Crippen LogP contribution in [0.1, 0.15) is 6.85 Å². The molecular formula is C60H38N8. The molecule has 13 aromatic rings. The number of para-hydroxylation sites is 3. The third-order valence-corrected chi connectivity index (χ3v) is 12.3. The van der Waals surface area contributed by atoms with Gasteiger partial charge in [0.25, 0.3) is 0 Å². The quantitative estimate of drug-likeness (QED) is 0.151. The topological polar surface area (TPSA) is 87.2 Å². The van der Waals surface area contributed by atoms with Crippen LogP contribution in [0.4, 0.5) is 0 Å². The van der Waals surface area contributed by atoms with E-state index in [2.05, 4.69) is 33.4 Å². The van der Waals surface area contributed by atoms with E-state index in [-0.39, 0.29) is 17.6 Å². The zero-order valence-electron chi connectivity index (χ0n) is 41.1. The van der Waals surface area contributed by atoms with Crippen molar-refractivity contribution in [2.24, 2.45) is 0 Å². The third-order valence-electron chi connectivity index (χ3n) is 12.3. The van der Waals surface area contributed by atoms with Crippen molar-refractivity contribution in [1.82, 2.24) is 39.0 Å². The zero-order valence-corrected chi connectivity index (χ0v) is 36.1. The molecule has 0 saturated heterocycles. The van der Waals surface area contributed by atoms with Crippen LogP contribution < -0.4 is 0 Å². The van der Waals surface area contributed by atoms with E-state index in [0.29, 0.717) is 57.4 Å². The molecular weight excluding hydrogens is 833 g/mol. The molecule has 0 fully saturated rings. The van der Waals surface area contributed by atoms with Gasteiger partial charge in [0.1, 0.15) is 0 Å². The third kappa shape index (κ3) is 6.62. The first-order valence-electron chi connectivity index (χ1n) is 24.7. The van der Waals surface area contributed by atoms with Crippen LogP contribution in [0.2, 0.25) is 0 Å². The van der Waals surface area contributed by atoms with Crippen molar-refractivity contribution in [2.45, 2.75) is 0 Å². The summed E-state index contributed by atoms with van der Waals surface area (Å²) in [7, 11) is 0. The van der Waals surface area contributed by atoms with Crippen molar-refractivity contribution in [2.75, 3.05) is 0 Å². The monoisotopic (exact) mass is 875 g/mol. The van der Waals surface area contributed by atoms with E-state index in [1.807, 2.05) is 176 Å². The molecule has 0 amide bonds. The van der Waals surface area contributed by atoms with E-state index in [4.69, 9.17) is 36.8 Å². The van der Waals surface area contributed by atoms with Crippen LogP contribution in [-0.4, -0.2) is 39.0 Å². The lowest BCUT2D eigenvalue weighted by Gasteiger charge is -2.17. The fourth-order valence-corrected chi connectivity index (χ4v) is 9.30. The van der Waals surface area contributed by atoms with E-state index in [9.17, 15) is 0 Å². The highest BCUT2D eigenvalue weighted by atomic mass is 15.2. The lowest BCUT2D eigenvalue weighted by Crippen LogP contribution is -2.07. The molecule has 8 heteroatoms. The molecule has 4 aromatic heterocycles. The highest BCUT2D eigenvalue weighted by molar-refractivity contribution is 6.16. The molecule has 318 valence electrons. The normalized spacial score (nSPS) is 12.6. The SMILES string of the molecule is [2H]c1c([2H])c([2H])c(-c2cccc3c2c2ccccc2n3-c2ccc(-c3nc(-c4ccccc4)nc(-n4c5ccccc5c5ccccc54)n3)cc2-c2nc(-c3ccccc3)nc(-c3ccccc3)n2)c([2H])c1[2H]. The number of aromatic nitrogens is 8. The Bertz CT molecular complexity index is 4190. The van der Waals surface area contributed by atoms with Crippen LogP contribution in [0.5, 0.6) is 0 Å². The molecule has 0 aliphatic heterocycles. The molecule has 0 atom stereocenters. The van der Waals surface area contributed by atoms with Gasteiger partial charge in [0, 0.05) is 49.4 Å². The summed E-state index contributed by atoms with van der Waals surface area (Å²) in [5.41, 5.74) is 8.53. The Labute approximate surface area is 398 Å². The molecule has 0 radical (unpaired) electrons. The highest BCUT2D eigenvalue weighted by Gasteiger charge is 2.24. The van der Waals surface area contributed by atoms with Gasteiger partial charge in [0.05, 0.1) is 34.6 Å². The first-order chi connectivity index (χ1) is 35.8. The standard InChI is InChI=1S/C60H38N8/c1-5-20-39(21-6-1)44-31-19-35-53-54(44)47-30-15-18-34-51(47)67(53)52-37-36-43(38-48(52)59-63-55(40-22-7-2-8-23-40)61-56(64-59)41-24-9-3-10-25-41)58-62-57(42-26-11-4-12-27-42)65-60(66-58)68-49-32-16-13-28-45(49)46-29-14-17-33-50(46)68/h1-38H/i1D,5D,6D,20D,21D. The summed E-state index contributed by atoms with van der Waals surface area (Å²) in [4.78, 5) is 31.3. The van der Waals surface area contributed by atoms with Gasteiger partial charge in [-0.3, -0.25) is 4.57 Å². The molecule has 0 saturated carbocycles. The van der Waals surface area contributed by atoms with Crippen LogP contribution >= 0.6 is 0 Å². The average Bonchev–Trinajstić information content (AvgIpc) is 3.98. The first-order valence-corrected chi connectivity index (χ1v) is 22.2. The summed E-state index contributed by atoms with van der Waals surface area (Å²) in [5, 5.41) is 3.69. The zero-order chi connectivity index (χ0) is 49.3. The van der Waals surface area contributed by atoms with Gasteiger partial charge in [-0.2, -0.15) is 9.97 Å². The Morgan fingerprint density at radius 1 is 0.309 bits per heavy atom. The summed E-state index contributed by atoms with van der Waals surface area (Å²) in [6.45, 7) is 0. The van der Waals surface area contributed by atoms with Gasteiger partial charge in [-0.05, 0) is 53.6 Å². The summed E-state index contributed by atoms with van der Waals surface area (Å²) in [6.07, 6.45) is 0. The minimum absolute atomic E-state index is 0.121. The van der Waals surface area contributed by atoms with Crippen molar-refractivity contribution in [3.63, 3.8) is 0 Å². The number of fused-ring (bicyclic) bond motifs is 6. The first kappa shape index (κ1) is 34.0. The minimum atomic E-state index is -0.448. The maximum Gasteiger partial charge on any atom is 0.238 e. The molecule has 68 heavy (non-hydrogen) atoms. The van der Waals surface area contributed by atoms with Crippen LogP contribution in [-0.2, 0) is 0 Å². The second kappa shape index (κ2) is 16.2. The van der Waals surface area contributed by atoms with E-state index >= 15 is 0 Å². The molecule has 8 nitrogen and oxygen atoms in total. The second-order valence-electron chi connectivity index (χ2n) is 16.3. The Kier molecular flexibility index (Phi) is 8.12. The smallest absolute Gasteiger partial charge is 0.238 e. The van der Waals surface area contributed by atoms with Crippen LogP contribution in [0.25, 0.3) is 123 Å². The molecule has 0 aliphatic rings. The van der Waals surface area contributed by atoms with Gasteiger partial charge >= 0.3 is 0 Å². The van der Waals surface area contributed by atoms with Gasteiger partial charge in [-0.25, -0.2) is 19.9 Å². The second-order valence-corrected chi connectivity index (χ2v) is 16.3. The molecule has 0 spiro atoms. The molecule has 0 N–H and O–H groups in total. The molecule has 0 unspecified atom stereocenters. The number of hydrogen-bond donors (Lipinski definition) is 0. The van der Waals surface area contributed by atoms with Crippen LogP contribution in [0.15, 0.2) is 230 Å². The predicted molar refractivity (Wildman–Crippen MR) is 275 cm³/mol. The Hall–Kier alpha value is -9.40. The highest BCUT2D eigenvalue weighted by Crippen LogP contribution is 2.42. The summed E-state index contributed by atoms with van der Waals surface area (Å²) in [6, 6.07) is 63.9. The van der Waals surface area contributed by atoms with E-state index in [1.54, 1.807) is 0 Å². The van der Waals surface area contributed by atoms with E-state index in [0.717, 1.165) is 60.3 Å². The minimum Gasteiger partial charge on any atom is -0.308 e. The Morgan fingerprint density at radius 2 is 0.765 bits per heavy atom. The number of nitrogens with zero attached hydrogens (tertiary/aromatic N) is 8. The number of hydrogen-bond acceptors (Lipinski definition) is 6. The lowest BCUT2D eigenvalue weighted by atomic mass is 9.99. The summed E-state index contributed by atoms with van der Waals surface area (Å²) >= 11 is 0. The van der Waals surface area contributed by atoms with Crippen molar-refractivity contribution in [3.05, 3.63) is 230 Å². The maximum absolute atomic E-state index is 9.05. The summed E-state index contributed by atoms with van der Waals surface area (Å²) < 4.78 is 47.9. The van der Waals surface area contributed by atoms with Crippen LogP contribution in [0, 0.1) is 0 Å². The lowest BCUT2D eigenvalue weighted by molar-refractivity contribution is 0.953. The van der Waals surface area contributed by atoms with Gasteiger partial charge in [0.2, 0.25) is 5.95 Å². The predicted octanol–water partition coefficient (Wildman–Crippen LogP) is 14.3. The van der Waals surface area contributed by atoms with E-state index in [1.165, 1.54) is 0 Å². The van der Waals surface area contributed by atoms with E-state index < -0.39 is 18.1 Å². The van der Waals surface area contributed by atoms with Crippen molar-refractivity contribution in [1.29, 1.82) is 0 Å². The van der Waals surface area contributed by atoms with Crippen LogP contribution in [0.3, 0.4) is 0 Å². The van der Waals surface area contributed by atoms with Gasteiger partial charge in [-0.15, -0.1) is 0 Å². The Balaban J connectivity index is 1.12. The average molecular weight is 876 g/mol. The molecule has 0 bridgehead atoms. The fraction of sp³-hybridized carbons (Fsp3) is 0. The maximum atomic E-state index is 9.05. The largest absolute Gasteiger partial charge is 0.308 e. The summed E-state index contributed by atoms with van der Waals surface area (Å²) in [5.74, 6) is 2.71. The fourth-order valence-electron chi connectivity index (χ4n) is 9.30.